The van der Waals surface area contributed by atoms with Gasteiger partial charge in [0.25, 0.3) is 0 Å². The van der Waals surface area contributed by atoms with E-state index in [1.807, 2.05) is 98.8 Å². The summed E-state index contributed by atoms with van der Waals surface area (Å²) in [5.74, 6) is -1.54. The Morgan fingerprint density at radius 2 is 1.12 bits per heavy atom. The van der Waals surface area contributed by atoms with Gasteiger partial charge < -0.3 is 9.47 Å². The van der Waals surface area contributed by atoms with Crippen LogP contribution in [0.5, 0.6) is 0 Å². The number of halogens is 1. The summed E-state index contributed by atoms with van der Waals surface area (Å²) in [6.45, 7) is 7.70. The Labute approximate surface area is 235 Å². The van der Waals surface area contributed by atoms with E-state index in [0.29, 0.717) is 11.1 Å². The molecule has 2 atom stereocenters. The lowest BCUT2D eigenvalue weighted by molar-refractivity contribution is -0.152. The van der Waals surface area contributed by atoms with Crippen molar-refractivity contribution in [3.8, 4) is 0 Å². The zero-order valence-electron chi connectivity index (χ0n) is 23.4. The maximum absolute atomic E-state index is 14.8. The molecule has 0 aliphatic heterocycles. The molecule has 206 valence electrons. The number of esters is 2. The number of hydrogen-bond donors (Lipinski definition) is 0. The molecule has 0 aromatic heterocycles. The van der Waals surface area contributed by atoms with Gasteiger partial charge in [0.1, 0.15) is 29.9 Å². The van der Waals surface area contributed by atoms with Crippen LogP contribution in [0.1, 0.15) is 38.8 Å². The molecular formula is C35H35FO4. The molecule has 2 aromatic carbocycles. The molecule has 4 nitrogen and oxygen atoms in total. The molecule has 2 aliphatic carbocycles. The average molecular weight is 539 g/mol. The van der Waals surface area contributed by atoms with E-state index in [4.69, 9.17) is 9.47 Å². The highest BCUT2D eigenvalue weighted by atomic mass is 19.1. The van der Waals surface area contributed by atoms with Crippen LogP contribution in [0.25, 0.3) is 0 Å². The monoisotopic (exact) mass is 538 g/mol. The minimum absolute atomic E-state index is 0.0776. The van der Waals surface area contributed by atoms with Gasteiger partial charge in [0.2, 0.25) is 0 Å². The molecule has 2 aromatic rings. The summed E-state index contributed by atoms with van der Waals surface area (Å²) in [6.07, 6.45) is 15.4. The van der Waals surface area contributed by atoms with Gasteiger partial charge in [0.05, 0.1) is 0 Å². The molecule has 40 heavy (non-hydrogen) atoms. The van der Waals surface area contributed by atoms with Crippen molar-refractivity contribution < 1.29 is 23.5 Å². The van der Waals surface area contributed by atoms with E-state index in [0.717, 1.165) is 11.1 Å². The first-order valence-corrected chi connectivity index (χ1v) is 13.3. The van der Waals surface area contributed by atoms with Gasteiger partial charge in [-0.15, -0.1) is 0 Å². The molecule has 0 saturated heterocycles. The smallest absolute Gasteiger partial charge is 0.320 e. The lowest BCUT2D eigenvalue weighted by atomic mass is 9.78. The largest absolute Gasteiger partial charge is 0.460 e. The van der Waals surface area contributed by atoms with Crippen LogP contribution in [0, 0.1) is 16.2 Å². The van der Waals surface area contributed by atoms with Crippen molar-refractivity contribution in [2.24, 2.45) is 16.2 Å². The predicted octanol–water partition coefficient (Wildman–Crippen LogP) is 7.91. The molecule has 4 rings (SSSR count). The summed E-state index contributed by atoms with van der Waals surface area (Å²) in [5.41, 5.74) is 0.138. The summed E-state index contributed by atoms with van der Waals surface area (Å²) < 4.78 is 26.1. The van der Waals surface area contributed by atoms with Crippen LogP contribution in [-0.4, -0.2) is 11.9 Å². The van der Waals surface area contributed by atoms with Gasteiger partial charge in [0.15, 0.2) is 0 Å². The van der Waals surface area contributed by atoms with Crippen LogP contribution >= 0.6 is 0 Å². The Hall–Kier alpha value is -4.25. The first-order chi connectivity index (χ1) is 19.0. The van der Waals surface area contributed by atoms with Crippen LogP contribution < -0.4 is 0 Å². The van der Waals surface area contributed by atoms with Gasteiger partial charge in [-0.3, -0.25) is 9.59 Å². The highest BCUT2D eigenvalue weighted by molar-refractivity contribution is 5.84. The van der Waals surface area contributed by atoms with Gasteiger partial charge in [-0.1, -0.05) is 117 Å². The fraction of sp³-hybridized carbons (Fsp3) is 0.257. The van der Waals surface area contributed by atoms with Crippen LogP contribution in [-0.2, 0) is 32.3 Å². The van der Waals surface area contributed by atoms with E-state index in [1.54, 1.807) is 32.1 Å². The standard InChI is InChI=1S/C35H35FO4/c1-33(2)18-17-29(21-34(3,20-19-33)31(37)39-24-26-11-7-5-8-12-26)28-15-16-30(36)23-35(4,22-28)32(38)40-25-27-13-9-6-10-14-27/h5-23H,24-25H2,1-4H3/b18-17-,20-19?,29-21+. The van der Waals surface area contributed by atoms with Crippen molar-refractivity contribution in [2.45, 2.75) is 40.9 Å². The molecule has 2 aliphatic rings. The van der Waals surface area contributed by atoms with Gasteiger partial charge in [-0.05, 0) is 48.3 Å². The van der Waals surface area contributed by atoms with Crippen LogP contribution in [0.4, 0.5) is 4.39 Å². The predicted molar refractivity (Wildman–Crippen MR) is 155 cm³/mol. The van der Waals surface area contributed by atoms with E-state index in [-0.39, 0.29) is 18.6 Å². The molecule has 5 heteroatoms. The Balaban J connectivity index is 1.67. The fourth-order valence-electron chi connectivity index (χ4n) is 4.45. The topological polar surface area (TPSA) is 52.6 Å². The van der Waals surface area contributed by atoms with Gasteiger partial charge >= 0.3 is 11.9 Å². The summed E-state index contributed by atoms with van der Waals surface area (Å²) in [7, 11) is 0. The maximum atomic E-state index is 14.8. The number of ether oxygens (including phenoxy) is 2. The highest BCUT2D eigenvalue weighted by Crippen LogP contribution is 2.37. The van der Waals surface area contributed by atoms with Crippen molar-refractivity contribution in [3.63, 3.8) is 0 Å². The SMILES string of the molecule is CC1(C)C=CC(C)(C(=O)OCc2ccccc2)/C=C(C2=CC(C)(C(=O)OCc3ccccc3)C=C(F)C=C2)\C=C/1. The van der Waals surface area contributed by atoms with Crippen LogP contribution in [0.15, 0.2) is 132 Å². The minimum atomic E-state index is -1.37. The lowest BCUT2D eigenvalue weighted by Gasteiger charge is -2.27. The summed E-state index contributed by atoms with van der Waals surface area (Å²) in [6, 6.07) is 18.8. The van der Waals surface area contributed by atoms with E-state index in [2.05, 4.69) is 0 Å². The molecule has 2 unspecified atom stereocenters. The second-order valence-corrected chi connectivity index (χ2v) is 11.2. The van der Waals surface area contributed by atoms with Crippen molar-refractivity contribution in [1.29, 1.82) is 0 Å². The minimum Gasteiger partial charge on any atom is -0.460 e. The molecule has 0 amide bonds. The number of rotatable bonds is 7. The van der Waals surface area contributed by atoms with Crippen LogP contribution in [0.3, 0.4) is 0 Å². The second-order valence-electron chi connectivity index (χ2n) is 11.2. The Morgan fingerprint density at radius 1 is 0.625 bits per heavy atom. The molecular weight excluding hydrogens is 503 g/mol. The van der Waals surface area contributed by atoms with Crippen molar-refractivity contribution >= 4 is 11.9 Å². The number of benzene rings is 2. The molecule has 0 saturated carbocycles. The van der Waals surface area contributed by atoms with Crippen molar-refractivity contribution in [2.75, 3.05) is 0 Å². The quantitative estimate of drug-likeness (QED) is 0.265. The molecule has 0 heterocycles. The molecule has 0 bridgehead atoms. The highest BCUT2D eigenvalue weighted by Gasteiger charge is 2.35. The first-order valence-electron chi connectivity index (χ1n) is 13.3. The van der Waals surface area contributed by atoms with Crippen molar-refractivity contribution in [1.82, 2.24) is 0 Å². The zero-order valence-corrected chi connectivity index (χ0v) is 23.4. The third kappa shape index (κ3) is 7.23. The van der Waals surface area contributed by atoms with Gasteiger partial charge in [-0.2, -0.15) is 0 Å². The maximum Gasteiger partial charge on any atom is 0.320 e. The summed E-state index contributed by atoms with van der Waals surface area (Å²) in [5, 5.41) is 0. The normalized spacial score (nSPS) is 25.7. The van der Waals surface area contributed by atoms with E-state index in [9.17, 15) is 14.0 Å². The van der Waals surface area contributed by atoms with Gasteiger partial charge in [-0.25, -0.2) is 4.39 Å². The number of carbonyl (C=O) groups is 2. The van der Waals surface area contributed by atoms with Crippen LogP contribution in [0.2, 0.25) is 0 Å². The van der Waals surface area contributed by atoms with E-state index in [1.165, 1.54) is 12.2 Å². The number of carbonyl (C=O) groups excluding carboxylic acids is 2. The molecule has 0 spiro atoms. The third-order valence-corrected chi connectivity index (χ3v) is 6.96. The van der Waals surface area contributed by atoms with E-state index < -0.39 is 28.6 Å². The van der Waals surface area contributed by atoms with Gasteiger partial charge in [0, 0.05) is 5.41 Å². The Kier molecular flexibility index (Phi) is 8.53. The average Bonchev–Trinajstić information content (AvgIpc) is 3.10. The fourth-order valence-corrected chi connectivity index (χ4v) is 4.45. The first kappa shape index (κ1) is 28.8. The lowest BCUT2D eigenvalue weighted by Crippen LogP contribution is -2.28. The molecule has 0 radical (unpaired) electrons. The molecule has 0 N–H and O–H groups in total. The third-order valence-electron chi connectivity index (χ3n) is 6.96. The summed E-state index contributed by atoms with van der Waals surface area (Å²) >= 11 is 0. The second kappa shape index (κ2) is 11.9. The van der Waals surface area contributed by atoms with Crippen molar-refractivity contribution in [3.05, 3.63) is 143 Å². The summed E-state index contributed by atoms with van der Waals surface area (Å²) in [4.78, 5) is 26.7. The van der Waals surface area contributed by atoms with E-state index >= 15 is 0 Å². The Morgan fingerprint density at radius 3 is 1.70 bits per heavy atom. The Bertz CT molecular complexity index is 1430. The number of allylic oxidation sites excluding steroid dienone is 8. The number of hydrogen-bond acceptors (Lipinski definition) is 4. The zero-order chi connectivity index (χ0) is 28.8. The molecule has 0 fully saturated rings.